The number of phenolic OH excluding ortho intramolecular Hbond substituents is 1. The predicted octanol–water partition coefficient (Wildman–Crippen LogP) is 1.82. The van der Waals surface area contributed by atoms with E-state index in [9.17, 15) is 25.5 Å². The maximum Gasteiger partial charge on any atom is 0.164 e. The van der Waals surface area contributed by atoms with E-state index in [4.69, 9.17) is 9.47 Å². The van der Waals surface area contributed by atoms with Gasteiger partial charge in [0.25, 0.3) is 0 Å². The third kappa shape index (κ3) is 3.50. The Hall–Kier alpha value is -2.48. The van der Waals surface area contributed by atoms with Gasteiger partial charge < -0.3 is 35.0 Å². The Bertz CT molecular complexity index is 868. The van der Waals surface area contributed by atoms with Gasteiger partial charge in [0, 0.05) is 30.3 Å². The zero-order valence-corrected chi connectivity index (χ0v) is 16.8. The molecule has 3 rings (SSSR count). The summed E-state index contributed by atoms with van der Waals surface area (Å²) in [4.78, 5) is 0. The Morgan fingerprint density at radius 1 is 0.966 bits per heavy atom. The molecular weight excluding hydrogens is 376 g/mol. The first kappa shape index (κ1) is 21.2. The molecule has 0 spiro atoms. The van der Waals surface area contributed by atoms with Gasteiger partial charge in [-0.1, -0.05) is 6.07 Å². The van der Waals surface area contributed by atoms with Crippen LogP contribution in [0.2, 0.25) is 0 Å². The first-order chi connectivity index (χ1) is 13.9. The van der Waals surface area contributed by atoms with Crippen molar-refractivity contribution in [1.82, 2.24) is 0 Å². The molecule has 3 atom stereocenters. The third-order valence-corrected chi connectivity index (χ3v) is 5.97. The van der Waals surface area contributed by atoms with Gasteiger partial charge in [-0.05, 0) is 54.0 Å². The first-order valence-electron chi connectivity index (χ1n) is 9.53. The van der Waals surface area contributed by atoms with E-state index in [1.165, 1.54) is 14.2 Å². The van der Waals surface area contributed by atoms with Crippen molar-refractivity contribution in [3.05, 3.63) is 46.0 Å². The van der Waals surface area contributed by atoms with E-state index in [0.717, 1.165) is 11.1 Å². The molecule has 7 nitrogen and oxygen atoms in total. The van der Waals surface area contributed by atoms with Gasteiger partial charge in [0.2, 0.25) is 0 Å². The van der Waals surface area contributed by atoms with Crippen molar-refractivity contribution in [2.45, 2.75) is 25.9 Å². The van der Waals surface area contributed by atoms with Crippen LogP contribution in [0.1, 0.15) is 33.7 Å². The fourth-order valence-electron chi connectivity index (χ4n) is 4.51. The second kappa shape index (κ2) is 8.49. The molecule has 0 saturated heterocycles. The fraction of sp³-hybridized carbons (Fsp3) is 0.455. The van der Waals surface area contributed by atoms with E-state index in [1.54, 1.807) is 19.1 Å². The fourth-order valence-corrected chi connectivity index (χ4v) is 4.51. The molecule has 0 radical (unpaired) electrons. The van der Waals surface area contributed by atoms with Crippen LogP contribution in [0.25, 0.3) is 0 Å². The highest BCUT2D eigenvalue weighted by Gasteiger charge is 2.40. The molecule has 0 amide bonds. The standard InChI is InChI=1S/C22H28O7/c1-11-4-12-5-14(8-23)16(10-25)18(19(12)22(29-3)20(11)26)13-6-15(9-24)21(27)17(7-13)28-2/h4,6-7,14,16,18,23-27H,5,8-10H2,1-3H3. The molecule has 29 heavy (non-hydrogen) atoms. The second-order valence-corrected chi connectivity index (χ2v) is 7.51. The van der Waals surface area contributed by atoms with Crippen LogP contribution in [0.5, 0.6) is 23.0 Å². The van der Waals surface area contributed by atoms with Crippen LogP contribution in [-0.4, -0.2) is 53.0 Å². The maximum atomic E-state index is 10.6. The summed E-state index contributed by atoms with van der Waals surface area (Å²) < 4.78 is 10.8. The van der Waals surface area contributed by atoms with Crippen LogP contribution < -0.4 is 9.47 Å². The summed E-state index contributed by atoms with van der Waals surface area (Å²) in [5, 5.41) is 50.7. The van der Waals surface area contributed by atoms with Crippen molar-refractivity contribution in [2.24, 2.45) is 11.8 Å². The van der Waals surface area contributed by atoms with Crippen molar-refractivity contribution < 1.29 is 35.0 Å². The zero-order chi connectivity index (χ0) is 21.3. The van der Waals surface area contributed by atoms with Crippen LogP contribution in [0, 0.1) is 18.8 Å². The number of aryl methyl sites for hydroxylation is 1. The van der Waals surface area contributed by atoms with Gasteiger partial charge in [0.1, 0.15) is 0 Å². The molecule has 0 heterocycles. The average Bonchev–Trinajstić information content (AvgIpc) is 2.73. The number of hydrogen-bond donors (Lipinski definition) is 5. The van der Waals surface area contributed by atoms with Crippen LogP contribution in [0.15, 0.2) is 18.2 Å². The van der Waals surface area contributed by atoms with Gasteiger partial charge in [-0.3, -0.25) is 0 Å². The number of rotatable bonds is 6. The number of phenols is 2. The summed E-state index contributed by atoms with van der Waals surface area (Å²) in [6.07, 6.45) is 0.535. The van der Waals surface area contributed by atoms with Gasteiger partial charge in [0.15, 0.2) is 23.0 Å². The molecule has 0 aliphatic heterocycles. The van der Waals surface area contributed by atoms with E-state index in [0.29, 0.717) is 28.9 Å². The number of hydrogen-bond acceptors (Lipinski definition) is 7. The van der Waals surface area contributed by atoms with E-state index >= 15 is 0 Å². The highest BCUT2D eigenvalue weighted by atomic mass is 16.5. The van der Waals surface area contributed by atoms with Gasteiger partial charge in [-0.15, -0.1) is 0 Å². The monoisotopic (exact) mass is 404 g/mol. The third-order valence-electron chi connectivity index (χ3n) is 5.97. The molecule has 1 aliphatic rings. The zero-order valence-electron chi connectivity index (χ0n) is 16.8. The Labute approximate surface area is 169 Å². The molecule has 0 fully saturated rings. The van der Waals surface area contributed by atoms with E-state index in [1.807, 2.05) is 6.07 Å². The molecule has 0 bridgehead atoms. The lowest BCUT2D eigenvalue weighted by Crippen LogP contribution is -2.35. The first-order valence-corrected chi connectivity index (χ1v) is 9.53. The van der Waals surface area contributed by atoms with Crippen LogP contribution >= 0.6 is 0 Å². The van der Waals surface area contributed by atoms with Crippen molar-refractivity contribution >= 4 is 0 Å². The van der Waals surface area contributed by atoms with Crippen molar-refractivity contribution in [3.8, 4) is 23.0 Å². The predicted molar refractivity (Wildman–Crippen MR) is 107 cm³/mol. The van der Waals surface area contributed by atoms with Crippen molar-refractivity contribution in [1.29, 1.82) is 0 Å². The molecule has 158 valence electrons. The minimum absolute atomic E-state index is 0.0310. The number of ether oxygens (including phenoxy) is 2. The minimum atomic E-state index is -0.442. The molecule has 1 aliphatic carbocycles. The number of aliphatic hydroxyl groups is 3. The van der Waals surface area contributed by atoms with Crippen LogP contribution in [-0.2, 0) is 13.0 Å². The van der Waals surface area contributed by atoms with Crippen molar-refractivity contribution in [3.63, 3.8) is 0 Å². The summed E-state index contributed by atoms with van der Waals surface area (Å²) in [5.74, 6) is -0.588. The maximum absolute atomic E-state index is 10.6. The normalized spacial score (nSPS) is 21.0. The number of benzene rings is 2. The lowest BCUT2D eigenvalue weighted by atomic mass is 9.66. The van der Waals surface area contributed by atoms with Gasteiger partial charge >= 0.3 is 0 Å². The van der Waals surface area contributed by atoms with Crippen LogP contribution in [0.3, 0.4) is 0 Å². The Balaban J connectivity index is 2.33. The average molecular weight is 404 g/mol. The van der Waals surface area contributed by atoms with E-state index < -0.39 is 5.92 Å². The quantitative estimate of drug-likeness (QED) is 0.498. The molecule has 0 saturated carbocycles. The number of methoxy groups -OCH3 is 2. The lowest BCUT2D eigenvalue weighted by molar-refractivity contribution is 0.100. The number of aliphatic hydroxyl groups excluding tert-OH is 3. The Kier molecular flexibility index (Phi) is 6.21. The minimum Gasteiger partial charge on any atom is -0.504 e. The smallest absolute Gasteiger partial charge is 0.164 e. The summed E-state index contributed by atoms with van der Waals surface area (Å²) in [5.41, 5.74) is 3.29. The van der Waals surface area contributed by atoms with Gasteiger partial charge in [-0.2, -0.15) is 0 Å². The Morgan fingerprint density at radius 3 is 2.24 bits per heavy atom. The molecule has 0 aromatic heterocycles. The Morgan fingerprint density at radius 2 is 1.69 bits per heavy atom. The highest BCUT2D eigenvalue weighted by Crippen LogP contribution is 2.52. The molecule has 2 aromatic rings. The lowest BCUT2D eigenvalue weighted by Gasteiger charge is -2.39. The summed E-state index contributed by atoms with van der Waals surface area (Å²) in [7, 11) is 2.90. The highest BCUT2D eigenvalue weighted by molar-refractivity contribution is 5.61. The summed E-state index contributed by atoms with van der Waals surface area (Å²) in [6.45, 7) is 1.10. The SMILES string of the molecule is COc1cc(C2c3c(cc(C)c(O)c3OC)CC(CO)C2CO)cc(CO)c1O. The topological polar surface area (TPSA) is 120 Å². The molecule has 3 unspecified atom stereocenters. The number of fused-ring (bicyclic) bond motifs is 1. The number of aromatic hydroxyl groups is 2. The van der Waals surface area contributed by atoms with Gasteiger partial charge in [-0.25, -0.2) is 0 Å². The molecule has 7 heteroatoms. The van der Waals surface area contributed by atoms with E-state index in [2.05, 4.69) is 0 Å². The molecular formula is C22H28O7. The van der Waals surface area contributed by atoms with E-state index in [-0.39, 0.29) is 48.9 Å². The van der Waals surface area contributed by atoms with Crippen LogP contribution in [0.4, 0.5) is 0 Å². The second-order valence-electron chi connectivity index (χ2n) is 7.51. The summed E-state index contributed by atoms with van der Waals surface area (Å²) in [6, 6.07) is 5.19. The molecule has 2 aromatic carbocycles. The van der Waals surface area contributed by atoms with Crippen molar-refractivity contribution in [2.75, 3.05) is 27.4 Å². The largest absolute Gasteiger partial charge is 0.504 e. The molecule has 5 N–H and O–H groups in total. The van der Waals surface area contributed by atoms with Gasteiger partial charge in [0.05, 0.1) is 20.8 Å². The summed E-state index contributed by atoms with van der Waals surface area (Å²) >= 11 is 0.